The number of nitrogens with one attached hydrogen (secondary N) is 1. The van der Waals surface area contributed by atoms with Crippen molar-refractivity contribution in [3.05, 3.63) is 0 Å². The van der Waals surface area contributed by atoms with Gasteiger partial charge in [0.25, 0.3) is 0 Å². The number of likely N-dealkylation sites (N-methyl/N-ethyl adjacent to an activating group) is 1. The van der Waals surface area contributed by atoms with Crippen molar-refractivity contribution in [2.45, 2.75) is 0 Å². The van der Waals surface area contributed by atoms with Crippen LogP contribution in [0.2, 0.25) is 0 Å². The van der Waals surface area contributed by atoms with E-state index in [1.807, 2.05) is 0 Å². The number of nitrogens with zero attached hydrogens (tertiary/aromatic N) is 1. The number of nitrogens with two attached hydrogens (primary N) is 1. The molecule has 0 fully saturated rings. The largest absolute Gasteiger partial charge is 0.377 e. The molecule has 0 aromatic carbocycles. The van der Waals surface area contributed by atoms with Gasteiger partial charge in [0.15, 0.2) is 0 Å². The van der Waals surface area contributed by atoms with Crippen LogP contribution in [0.4, 0.5) is 0 Å². The van der Waals surface area contributed by atoms with Crippen LogP contribution in [0.1, 0.15) is 0 Å². The third kappa shape index (κ3) is 13.2. The average Bonchev–Trinajstić information content (AvgIpc) is 2.25. The van der Waals surface area contributed by atoms with Crippen molar-refractivity contribution >= 4 is 5.91 Å². The van der Waals surface area contributed by atoms with Gasteiger partial charge in [-0.25, -0.2) is 0 Å². The summed E-state index contributed by atoms with van der Waals surface area (Å²) in [6, 6.07) is 0. The first-order valence-corrected chi connectivity index (χ1v) is 5.88. The summed E-state index contributed by atoms with van der Waals surface area (Å²) in [5, 5.41) is 2.62. The molecule has 6 nitrogen and oxygen atoms in total. The molecule has 0 spiro atoms. The Bertz CT molecular complexity index is 205. The van der Waals surface area contributed by atoms with Gasteiger partial charge < -0.3 is 25.0 Å². The maximum absolute atomic E-state index is 10.8. The van der Waals surface area contributed by atoms with Crippen LogP contribution in [-0.4, -0.2) is 77.6 Å². The maximum Gasteiger partial charge on any atom is 0.233 e. The molecule has 0 atom stereocenters. The van der Waals surface area contributed by atoms with Crippen molar-refractivity contribution in [2.24, 2.45) is 5.73 Å². The van der Waals surface area contributed by atoms with Crippen LogP contribution < -0.4 is 11.1 Å². The third-order valence-electron chi connectivity index (χ3n) is 2.03. The van der Waals surface area contributed by atoms with Crippen molar-refractivity contribution in [1.82, 2.24) is 5.32 Å². The van der Waals surface area contributed by atoms with Gasteiger partial charge in [-0.1, -0.05) is 0 Å². The number of carbonyl (C=O) groups excluding carboxylic acids is 1. The van der Waals surface area contributed by atoms with E-state index in [1.165, 1.54) is 0 Å². The fourth-order valence-electron chi connectivity index (χ4n) is 0.995. The Labute approximate surface area is 104 Å². The Morgan fingerprint density at radius 1 is 1.12 bits per heavy atom. The lowest BCUT2D eigenvalue weighted by Gasteiger charge is -2.23. The number of hydrogen-bond donors (Lipinski definition) is 2. The zero-order valence-electron chi connectivity index (χ0n) is 11.2. The Morgan fingerprint density at radius 2 is 1.71 bits per heavy atom. The van der Waals surface area contributed by atoms with Crippen LogP contribution in [0.5, 0.6) is 0 Å². The molecule has 0 aliphatic heterocycles. The minimum absolute atomic E-state index is 0.0220. The topological polar surface area (TPSA) is 73.6 Å². The van der Waals surface area contributed by atoms with Gasteiger partial charge in [-0.3, -0.25) is 4.79 Å². The van der Waals surface area contributed by atoms with Gasteiger partial charge in [0.2, 0.25) is 5.91 Å². The van der Waals surface area contributed by atoms with Gasteiger partial charge in [0.05, 0.1) is 54.1 Å². The van der Waals surface area contributed by atoms with Crippen LogP contribution in [0.25, 0.3) is 0 Å². The van der Waals surface area contributed by atoms with Crippen LogP contribution >= 0.6 is 0 Å². The number of ether oxygens (including phenoxy) is 2. The fourth-order valence-corrected chi connectivity index (χ4v) is 0.995. The number of carbonyl (C=O) groups is 1. The molecule has 0 bridgehead atoms. The highest BCUT2D eigenvalue weighted by Gasteiger charge is 2.05. The van der Waals surface area contributed by atoms with E-state index in [4.69, 9.17) is 15.2 Å². The monoisotopic (exact) mass is 248 g/mol. The zero-order chi connectivity index (χ0) is 13.1. The van der Waals surface area contributed by atoms with E-state index in [-0.39, 0.29) is 12.5 Å². The van der Waals surface area contributed by atoms with Gasteiger partial charge in [-0.05, 0) is 0 Å². The molecule has 0 heterocycles. The summed E-state index contributed by atoms with van der Waals surface area (Å²) in [5.74, 6) is -0.159. The van der Waals surface area contributed by atoms with Gasteiger partial charge in [-0.2, -0.15) is 0 Å². The maximum atomic E-state index is 10.8. The molecule has 0 aliphatic carbocycles. The smallest absolute Gasteiger partial charge is 0.233 e. The van der Waals surface area contributed by atoms with Crippen molar-refractivity contribution < 1.29 is 18.8 Å². The lowest BCUT2D eigenvalue weighted by atomic mass is 10.5. The molecule has 102 valence electrons. The number of quaternary nitrogens is 1. The summed E-state index contributed by atoms with van der Waals surface area (Å²) in [7, 11) is 6.37. The van der Waals surface area contributed by atoms with Crippen LogP contribution in [0.3, 0.4) is 0 Å². The molecule has 0 radical (unpaired) electrons. The standard InChI is InChI=1S/C11H25N3O3/c1-14(2,3)5-7-17-9-8-16-6-4-13-11(15)10-12/h4-10,12H2,1-3H3/p+1. The molecule has 0 aliphatic rings. The fraction of sp³-hybridized carbons (Fsp3) is 0.909. The number of hydrogen-bond acceptors (Lipinski definition) is 4. The lowest BCUT2D eigenvalue weighted by molar-refractivity contribution is -0.870. The van der Waals surface area contributed by atoms with E-state index < -0.39 is 0 Å². The van der Waals surface area contributed by atoms with Crippen molar-refractivity contribution in [1.29, 1.82) is 0 Å². The Balaban J connectivity index is 3.12. The summed E-state index contributed by atoms with van der Waals surface area (Å²) in [4.78, 5) is 10.8. The van der Waals surface area contributed by atoms with Crippen LogP contribution in [0.15, 0.2) is 0 Å². The van der Waals surface area contributed by atoms with E-state index in [0.29, 0.717) is 26.4 Å². The Morgan fingerprint density at radius 3 is 2.24 bits per heavy atom. The van der Waals surface area contributed by atoms with Gasteiger partial charge in [0, 0.05) is 6.54 Å². The second-order valence-corrected chi connectivity index (χ2v) is 4.79. The summed E-state index contributed by atoms with van der Waals surface area (Å²) in [5.41, 5.74) is 5.13. The quantitative estimate of drug-likeness (QED) is 0.376. The minimum Gasteiger partial charge on any atom is -0.377 e. The van der Waals surface area contributed by atoms with Gasteiger partial charge in [0.1, 0.15) is 6.54 Å². The third-order valence-corrected chi connectivity index (χ3v) is 2.03. The molecule has 1 amide bonds. The summed E-state index contributed by atoms with van der Waals surface area (Å²) in [6.45, 7) is 3.86. The average molecular weight is 248 g/mol. The summed E-state index contributed by atoms with van der Waals surface area (Å²) in [6.07, 6.45) is 0. The van der Waals surface area contributed by atoms with Crippen molar-refractivity contribution in [3.63, 3.8) is 0 Å². The summed E-state index contributed by atoms with van der Waals surface area (Å²) < 4.78 is 11.6. The van der Waals surface area contributed by atoms with Crippen LogP contribution in [-0.2, 0) is 14.3 Å². The zero-order valence-corrected chi connectivity index (χ0v) is 11.2. The first-order valence-electron chi connectivity index (χ1n) is 5.88. The molecule has 0 aromatic heterocycles. The SMILES string of the molecule is C[N+](C)(C)CCOCCOCCNC(=O)CN. The second kappa shape index (κ2) is 9.35. The first-order chi connectivity index (χ1) is 7.95. The molecule has 0 rings (SSSR count). The highest BCUT2D eigenvalue weighted by Crippen LogP contribution is 1.89. The lowest BCUT2D eigenvalue weighted by Crippen LogP contribution is -2.37. The van der Waals surface area contributed by atoms with E-state index in [0.717, 1.165) is 17.6 Å². The van der Waals surface area contributed by atoms with E-state index in [1.54, 1.807) is 0 Å². The van der Waals surface area contributed by atoms with E-state index in [2.05, 4.69) is 26.5 Å². The van der Waals surface area contributed by atoms with E-state index >= 15 is 0 Å². The van der Waals surface area contributed by atoms with Crippen molar-refractivity contribution in [3.8, 4) is 0 Å². The molecular weight excluding hydrogens is 222 g/mol. The van der Waals surface area contributed by atoms with Gasteiger partial charge in [-0.15, -0.1) is 0 Å². The van der Waals surface area contributed by atoms with Crippen LogP contribution in [0, 0.1) is 0 Å². The molecule has 3 N–H and O–H groups in total. The predicted molar refractivity (Wildman–Crippen MR) is 66.6 cm³/mol. The van der Waals surface area contributed by atoms with Crippen molar-refractivity contribution in [2.75, 3.05) is 67.2 Å². The highest BCUT2D eigenvalue weighted by atomic mass is 16.5. The number of amides is 1. The predicted octanol–water partition coefficient (Wildman–Crippen LogP) is -1.20. The molecular formula is C11H26N3O3+. The van der Waals surface area contributed by atoms with E-state index in [9.17, 15) is 4.79 Å². The second-order valence-electron chi connectivity index (χ2n) is 4.79. The normalized spacial score (nSPS) is 11.5. The molecule has 0 unspecified atom stereocenters. The number of rotatable bonds is 10. The Kier molecular flexibility index (Phi) is 8.97. The molecule has 0 aromatic rings. The summed E-state index contributed by atoms with van der Waals surface area (Å²) >= 11 is 0. The molecule has 17 heavy (non-hydrogen) atoms. The van der Waals surface area contributed by atoms with Gasteiger partial charge >= 0.3 is 0 Å². The highest BCUT2D eigenvalue weighted by molar-refractivity contribution is 5.77. The molecule has 6 heteroatoms. The molecule has 0 saturated heterocycles. The first kappa shape index (κ1) is 16.3. The minimum atomic E-state index is -0.159. The Hall–Kier alpha value is -0.690. The molecule has 0 saturated carbocycles.